The van der Waals surface area contributed by atoms with E-state index in [0.717, 1.165) is 11.1 Å². The molecule has 146 valence electrons. The molecule has 0 radical (unpaired) electrons. The van der Waals surface area contributed by atoms with Crippen molar-refractivity contribution < 1.29 is 0 Å². The van der Waals surface area contributed by atoms with Gasteiger partial charge in [-0.05, 0) is 84.5 Å². The van der Waals surface area contributed by atoms with Gasteiger partial charge in [0.05, 0.1) is 0 Å². The molecule has 0 aromatic heterocycles. The average Bonchev–Trinajstić information content (AvgIpc) is 2.71. The van der Waals surface area contributed by atoms with E-state index in [1.807, 2.05) is 6.08 Å². The molecule has 0 heteroatoms. The topological polar surface area (TPSA) is 0 Å². The number of aryl methyl sites for hydroxylation is 2. The molecular weight excluding hydrogens is 348 g/mol. The van der Waals surface area contributed by atoms with Gasteiger partial charge in [-0.3, -0.25) is 0 Å². The fraction of sp³-hybridized carbons (Fsp3) is 0.172. The Hall–Kier alpha value is -3.12. The number of benzene rings is 2. The fourth-order valence-electron chi connectivity index (χ4n) is 3.83. The quantitative estimate of drug-likeness (QED) is 0.398. The summed E-state index contributed by atoms with van der Waals surface area (Å²) in [4.78, 5) is 0. The average molecular weight is 379 g/mol. The van der Waals surface area contributed by atoms with Crippen LogP contribution in [0, 0.1) is 13.8 Å². The van der Waals surface area contributed by atoms with Gasteiger partial charge >= 0.3 is 0 Å². The van der Waals surface area contributed by atoms with E-state index >= 15 is 0 Å². The van der Waals surface area contributed by atoms with Crippen molar-refractivity contribution in [2.75, 3.05) is 0 Å². The van der Waals surface area contributed by atoms with Crippen molar-refractivity contribution in [1.29, 1.82) is 0 Å². The van der Waals surface area contributed by atoms with Crippen molar-refractivity contribution >= 4 is 39.3 Å². The molecule has 0 amide bonds. The smallest absolute Gasteiger partial charge is 0.00695 e. The van der Waals surface area contributed by atoms with Crippen LogP contribution in [0.5, 0.6) is 0 Å². The van der Waals surface area contributed by atoms with Crippen molar-refractivity contribution in [2.24, 2.45) is 0 Å². The van der Waals surface area contributed by atoms with E-state index in [4.69, 9.17) is 0 Å². The van der Waals surface area contributed by atoms with Gasteiger partial charge in [-0.25, -0.2) is 0 Å². The highest BCUT2D eigenvalue weighted by Gasteiger charge is 2.13. The van der Waals surface area contributed by atoms with E-state index in [1.54, 1.807) is 0 Å². The van der Waals surface area contributed by atoms with E-state index in [0.29, 0.717) is 0 Å². The Labute approximate surface area is 175 Å². The van der Waals surface area contributed by atoms with Gasteiger partial charge < -0.3 is 0 Å². The van der Waals surface area contributed by atoms with Gasteiger partial charge in [-0.15, -0.1) is 0 Å². The summed E-state index contributed by atoms with van der Waals surface area (Å²) in [6.07, 6.45) is 8.47. The lowest BCUT2D eigenvalue weighted by Gasteiger charge is -2.16. The summed E-state index contributed by atoms with van der Waals surface area (Å²) < 4.78 is 0. The van der Waals surface area contributed by atoms with Crippen LogP contribution in [0.15, 0.2) is 73.3 Å². The highest BCUT2D eigenvalue weighted by molar-refractivity contribution is 6.10. The maximum atomic E-state index is 4.28. The summed E-state index contributed by atoms with van der Waals surface area (Å²) in [6.45, 7) is 19.0. The van der Waals surface area contributed by atoms with Gasteiger partial charge in [-0.2, -0.15) is 0 Å². The molecule has 0 unspecified atom stereocenters. The number of hydrogen-bond acceptors (Lipinski definition) is 0. The van der Waals surface area contributed by atoms with Gasteiger partial charge in [0, 0.05) is 0 Å². The monoisotopic (exact) mass is 378 g/mol. The lowest BCUT2D eigenvalue weighted by Crippen LogP contribution is -1.93. The van der Waals surface area contributed by atoms with Crippen molar-refractivity contribution in [3.8, 4) is 0 Å². The molecule has 0 aliphatic heterocycles. The predicted octanol–water partition coefficient (Wildman–Crippen LogP) is 8.83. The third-order valence-electron chi connectivity index (χ3n) is 5.62. The second kappa shape index (κ2) is 8.49. The van der Waals surface area contributed by atoms with Crippen LogP contribution in [-0.2, 0) is 0 Å². The SMILES string of the molecule is C=Cc1ccc(C)ccc2ccc(/C=C\C(C)=C\C)c3cc(C(=C)C)c1c(C)c23. The van der Waals surface area contributed by atoms with E-state index in [9.17, 15) is 0 Å². The van der Waals surface area contributed by atoms with E-state index in [2.05, 4.69) is 108 Å². The molecule has 3 aromatic rings. The van der Waals surface area contributed by atoms with Gasteiger partial charge in [0.1, 0.15) is 0 Å². The van der Waals surface area contributed by atoms with Crippen LogP contribution in [0.1, 0.15) is 48.6 Å². The molecule has 0 aliphatic carbocycles. The maximum Gasteiger partial charge on any atom is -0.00695 e. The van der Waals surface area contributed by atoms with Crippen LogP contribution in [-0.4, -0.2) is 0 Å². The summed E-state index contributed by atoms with van der Waals surface area (Å²) in [5.74, 6) is 0. The molecule has 0 saturated carbocycles. The Balaban J connectivity index is 2.61. The molecule has 0 nitrogen and oxygen atoms in total. The Kier molecular flexibility index (Phi) is 6.03. The summed E-state index contributed by atoms with van der Waals surface area (Å²) in [5.41, 5.74) is 8.35. The van der Waals surface area contributed by atoms with Crippen LogP contribution in [0.3, 0.4) is 0 Å². The van der Waals surface area contributed by atoms with Gasteiger partial charge in [0.25, 0.3) is 0 Å². The molecule has 0 atom stereocenters. The molecular formula is C29H30. The first-order valence-electron chi connectivity index (χ1n) is 10.1. The first-order chi connectivity index (χ1) is 13.9. The summed E-state index contributed by atoms with van der Waals surface area (Å²) in [6, 6.07) is 15.5. The zero-order valence-corrected chi connectivity index (χ0v) is 18.3. The van der Waals surface area contributed by atoms with Crippen molar-refractivity contribution in [2.45, 2.75) is 34.6 Å². The minimum absolute atomic E-state index is 1.07. The molecule has 3 aromatic carbocycles. The minimum Gasteiger partial charge on any atom is -0.0984 e. The first kappa shape index (κ1) is 20.6. The minimum atomic E-state index is 1.07. The molecule has 29 heavy (non-hydrogen) atoms. The van der Waals surface area contributed by atoms with Gasteiger partial charge in [-0.1, -0.05) is 90.6 Å². The Morgan fingerprint density at radius 2 is 1.55 bits per heavy atom. The van der Waals surface area contributed by atoms with Crippen molar-refractivity contribution in [1.82, 2.24) is 0 Å². The Morgan fingerprint density at radius 3 is 2.21 bits per heavy atom. The fourth-order valence-corrected chi connectivity index (χ4v) is 3.83. The molecule has 0 fully saturated rings. The Bertz CT molecular complexity index is 1210. The molecule has 0 spiro atoms. The zero-order valence-electron chi connectivity index (χ0n) is 18.3. The van der Waals surface area contributed by atoms with Crippen LogP contribution < -0.4 is 0 Å². The van der Waals surface area contributed by atoms with Gasteiger partial charge in [0.15, 0.2) is 0 Å². The molecule has 0 saturated heterocycles. The summed E-state index contributed by atoms with van der Waals surface area (Å²) in [7, 11) is 0. The van der Waals surface area contributed by atoms with Crippen LogP contribution in [0.2, 0.25) is 0 Å². The summed E-state index contributed by atoms with van der Waals surface area (Å²) in [5, 5.41) is 5.03. The Morgan fingerprint density at radius 1 is 0.897 bits per heavy atom. The lowest BCUT2D eigenvalue weighted by atomic mass is 9.88. The standard InChI is InChI=1S/C29H30/c1-8-20(5)10-14-24-16-17-25-15-12-21(6)11-13-23(9-2)28-22(7)29(25)27(24)18-26(28)19(3)4/h8-18H,2-3H2,1,4-7H3/b13-11?,14-10-,15-12?,20-8+,21-11?,21-12?,23-13?,25-15?,28-23?. The van der Waals surface area contributed by atoms with Crippen LogP contribution in [0.25, 0.3) is 39.3 Å². The molecule has 0 aliphatic rings. The second-order valence-corrected chi connectivity index (χ2v) is 7.81. The highest BCUT2D eigenvalue weighted by atomic mass is 14.2. The first-order valence-corrected chi connectivity index (χ1v) is 10.1. The normalized spacial score (nSPS) is 12.0. The van der Waals surface area contributed by atoms with Crippen LogP contribution in [0.4, 0.5) is 0 Å². The molecule has 3 rings (SSSR count). The summed E-state index contributed by atoms with van der Waals surface area (Å²) >= 11 is 0. The largest absolute Gasteiger partial charge is 0.0984 e. The number of allylic oxidation sites excluding steroid dienone is 4. The van der Waals surface area contributed by atoms with E-state index < -0.39 is 0 Å². The molecule has 0 N–H and O–H groups in total. The third kappa shape index (κ3) is 4.03. The maximum absolute atomic E-state index is 4.28. The zero-order chi connectivity index (χ0) is 21.1. The van der Waals surface area contributed by atoms with E-state index in [1.165, 1.54) is 49.4 Å². The van der Waals surface area contributed by atoms with Crippen LogP contribution >= 0.6 is 0 Å². The molecule has 0 heterocycles. The third-order valence-corrected chi connectivity index (χ3v) is 5.62. The number of fused-ring (bicyclic) bond motifs is 1. The van der Waals surface area contributed by atoms with Gasteiger partial charge in [0.2, 0.25) is 0 Å². The number of rotatable bonds is 4. The van der Waals surface area contributed by atoms with Crippen molar-refractivity contribution in [3.05, 3.63) is 101 Å². The second-order valence-electron chi connectivity index (χ2n) is 7.81. The number of hydrogen-bond donors (Lipinski definition) is 0. The molecule has 2 bridgehead atoms. The van der Waals surface area contributed by atoms with Crippen molar-refractivity contribution in [3.63, 3.8) is 0 Å². The predicted molar refractivity (Wildman–Crippen MR) is 133 cm³/mol. The highest BCUT2D eigenvalue weighted by Crippen LogP contribution is 2.36. The lowest BCUT2D eigenvalue weighted by molar-refractivity contribution is 1.48. The van der Waals surface area contributed by atoms with E-state index in [-0.39, 0.29) is 0 Å².